The zero-order valence-corrected chi connectivity index (χ0v) is 11.3. The van der Waals surface area contributed by atoms with Crippen molar-refractivity contribution in [3.63, 3.8) is 0 Å². The molecule has 3 heteroatoms. The Balaban J connectivity index is 1.97. The van der Waals surface area contributed by atoms with Crippen molar-refractivity contribution < 1.29 is 4.42 Å². The Hall–Kier alpha value is -1.46. The summed E-state index contributed by atoms with van der Waals surface area (Å²) in [6, 6.07) is 5.39. The van der Waals surface area contributed by atoms with Crippen LogP contribution in [0, 0.1) is 11.8 Å². The second kappa shape index (κ2) is 6.47. The zero-order chi connectivity index (χ0) is 12.8. The first-order valence-electron chi connectivity index (χ1n) is 6.34. The molecule has 1 aromatic carbocycles. The van der Waals surface area contributed by atoms with Crippen molar-refractivity contribution in [2.45, 2.75) is 39.0 Å². The summed E-state index contributed by atoms with van der Waals surface area (Å²) in [6.07, 6.45) is 5.82. The molecular weight excluding hydrogens is 246 g/mol. The van der Waals surface area contributed by atoms with Gasteiger partial charge in [0.15, 0.2) is 5.58 Å². The minimum Gasteiger partial charge on any atom is -0.430 e. The van der Waals surface area contributed by atoms with Crippen LogP contribution in [0.4, 0.5) is 0 Å². The van der Waals surface area contributed by atoms with E-state index in [0.29, 0.717) is 10.9 Å². The van der Waals surface area contributed by atoms with Crippen LogP contribution in [-0.2, 0) is 0 Å². The molecule has 0 unspecified atom stereocenters. The van der Waals surface area contributed by atoms with Gasteiger partial charge in [0, 0.05) is 11.4 Å². The minimum absolute atomic E-state index is 0.475. The lowest BCUT2D eigenvalue weighted by Crippen LogP contribution is -1.75. The van der Waals surface area contributed by atoms with Crippen LogP contribution in [0.3, 0.4) is 0 Å². The van der Waals surface area contributed by atoms with Crippen molar-refractivity contribution in [3.8, 4) is 11.8 Å². The predicted octanol–water partition coefficient (Wildman–Crippen LogP) is 4.80. The fourth-order valence-corrected chi connectivity index (χ4v) is 1.90. The minimum atomic E-state index is 0.475. The first kappa shape index (κ1) is 13.0. The van der Waals surface area contributed by atoms with Crippen molar-refractivity contribution in [1.29, 1.82) is 0 Å². The van der Waals surface area contributed by atoms with Gasteiger partial charge in [0.2, 0.25) is 0 Å². The highest BCUT2D eigenvalue weighted by Gasteiger charge is 2.03. The van der Waals surface area contributed by atoms with E-state index in [1.807, 2.05) is 6.07 Å². The first-order chi connectivity index (χ1) is 8.79. The van der Waals surface area contributed by atoms with Gasteiger partial charge in [-0.25, -0.2) is 4.98 Å². The van der Waals surface area contributed by atoms with Crippen molar-refractivity contribution >= 4 is 22.7 Å². The largest absolute Gasteiger partial charge is 0.430 e. The van der Waals surface area contributed by atoms with Crippen molar-refractivity contribution in [3.05, 3.63) is 29.1 Å². The molecule has 0 aliphatic rings. The van der Waals surface area contributed by atoms with E-state index in [2.05, 4.69) is 23.7 Å². The molecule has 0 radical (unpaired) electrons. The summed E-state index contributed by atoms with van der Waals surface area (Å²) in [6.45, 7) is 2.20. The van der Waals surface area contributed by atoms with Crippen LogP contribution in [0.2, 0.25) is 5.02 Å². The predicted molar refractivity (Wildman–Crippen MR) is 74.7 cm³/mol. The molecule has 1 aromatic heterocycles. The number of halogens is 1. The van der Waals surface area contributed by atoms with Crippen LogP contribution in [0.1, 0.15) is 44.9 Å². The van der Waals surface area contributed by atoms with Crippen LogP contribution >= 0.6 is 11.6 Å². The third-order valence-corrected chi connectivity index (χ3v) is 2.94. The van der Waals surface area contributed by atoms with Gasteiger partial charge in [0.05, 0.1) is 0 Å². The molecule has 0 aliphatic heterocycles. The smallest absolute Gasteiger partial charge is 0.274 e. The lowest BCUT2D eigenvalue weighted by atomic mass is 10.2. The molecule has 0 spiro atoms. The first-order valence-corrected chi connectivity index (χ1v) is 6.72. The Bertz CT molecular complexity index is 577. The van der Waals surface area contributed by atoms with Gasteiger partial charge in [0.1, 0.15) is 5.52 Å². The summed E-state index contributed by atoms with van der Waals surface area (Å²) < 4.78 is 5.51. The number of oxazole rings is 1. The lowest BCUT2D eigenvalue weighted by molar-refractivity contribution is 0.586. The molecule has 2 aromatic rings. The fraction of sp³-hybridized carbons (Fsp3) is 0.400. The van der Waals surface area contributed by atoms with Gasteiger partial charge in [-0.3, -0.25) is 0 Å². The number of aromatic nitrogens is 1. The maximum atomic E-state index is 5.89. The molecule has 0 saturated carbocycles. The molecule has 2 rings (SSSR count). The monoisotopic (exact) mass is 261 g/mol. The molecule has 0 bridgehead atoms. The third-order valence-electron chi connectivity index (χ3n) is 2.70. The molecule has 0 N–H and O–H groups in total. The van der Waals surface area contributed by atoms with E-state index < -0.39 is 0 Å². The zero-order valence-electron chi connectivity index (χ0n) is 10.5. The maximum absolute atomic E-state index is 5.89. The quantitative estimate of drug-likeness (QED) is 0.583. The van der Waals surface area contributed by atoms with Gasteiger partial charge in [-0.2, -0.15) is 0 Å². The highest BCUT2D eigenvalue weighted by atomic mass is 35.5. The molecule has 2 nitrogen and oxygen atoms in total. The van der Waals surface area contributed by atoms with Crippen molar-refractivity contribution in [1.82, 2.24) is 4.98 Å². The van der Waals surface area contributed by atoms with E-state index in [4.69, 9.17) is 16.0 Å². The number of hydrogen-bond acceptors (Lipinski definition) is 2. The summed E-state index contributed by atoms with van der Waals surface area (Å²) in [7, 11) is 0. The molecular formula is C15H16ClNO. The summed E-state index contributed by atoms with van der Waals surface area (Å²) >= 11 is 5.89. The number of unbranched alkanes of at least 4 members (excludes halogenated alkanes) is 4. The summed E-state index contributed by atoms with van der Waals surface area (Å²) in [5.41, 5.74) is 1.49. The van der Waals surface area contributed by atoms with E-state index in [0.717, 1.165) is 23.9 Å². The molecule has 1 heterocycles. The molecule has 18 heavy (non-hydrogen) atoms. The fourth-order valence-electron chi connectivity index (χ4n) is 1.73. The van der Waals surface area contributed by atoms with E-state index >= 15 is 0 Å². The third kappa shape index (κ3) is 3.51. The lowest BCUT2D eigenvalue weighted by Gasteiger charge is -1.91. The molecule has 94 valence electrons. The van der Waals surface area contributed by atoms with Crippen molar-refractivity contribution in [2.24, 2.45) is 0 Å². The standard InChI is InChI=1S/C15H16ClNO/c1-2-3-4-5-6-7-8-15-17-13-11-12(16)9-10-14(13)18-15/h9-11H,2-6H2,1H3. The summed E-state index contributed by atoms with van der Waals surface area (Å²) in [4.78, 5) is 4.28. The second-order valence-electron chi connectivity index (χ2n) is 4.24. The van der Waals surface area contributed by atoms with E-state index in [1.54, 1.807) is 12.1 Å². The Morgan fingerprint density at radius 3 is 3.00 bits per heavy atom. The normalized spacial score (nSPS) is 10.3. The summed E-state index contributed by atoms with van der Waals surface area (Å²) in [5.74, 6) is 6.53. The molecule has 0 amide bonds. The number of benzene rings is 1. The van der Waals surface area contributed by atoms with E-state index in [-0.39, 0.29) is 0 Å². The number of rotatable bonds is 4. The van der Waals surface area contributed by atoms with Crippen LogP contribution in [0.15, 0.2) is 22.6 Å². The maximum Gasteiger partial charge on any atom is 0.274 e. The summed E-state index contributed by atoms with van der Waals surface area (Å²) in [5, 5.41) is 0.662. The number of fused-ring (bicyclic) bond motifs is 1. The van der Waals surface area contributed by atoms with Crippen LogP contribution < -0.4 is 0 Å². The Kier molecular flexibility index (Phi) is 4.66. The van der Waals surface area contributed by atoms with Gasteiger partial charge < -0.3 is 4.42 Å². The van der Waals surface area contributed by atoms with Crippen molar-refractivity contribution in [2.75, 3.05) is 0 Å². The second-order valence-corrected chi connectivity index (χ2v) is 4.68. The van der Waals surface area contributed by atoms with Gasteiger partial charge in [-0.15, -0.1) is 0 Å². The SMILES string of the molecule is CCCCCCC#Cc1nc2cc(Cl)ccc2o1. The van der Waals surface area contributed by atoms with Crippen LogP contribution in [-0.4, -0.2) is 4.98 Å². The van der Waals surface area contributed by atoms with Gasteiger partial charge >= 0.3 is 0 Å². The Labute approximate surface area is 112 Å². The van der Waals surface area contributed by atoms with E-state index in [1.165, 1.54) is 19.3 Å². The average Bonchev–Trinajstić information content (AvgIpc) is 2.75. The van der Waals surface area contributed by atoms with Gasteiger partial charge in [0.25, 0.3) is 5.89 Å². The average molecular weight is 262 g/mol. The number of hydrogen-bond donors (Lipinski definition) is 0. The van der Waals surface area contributed by atoms with Crippen LogP contribution in [0.5, 0.6) is 0 Å². The Morgan fingerprint density at radius 1 is 1.28 bits per heavy atom. The van der Waals surface area contributed by atoms with E-state index in [9.17, 15) is 0 Å². The number of nitrogens with zero attached hydrogens (tertiary/aromatic N) is 1. The molecule has 0 fully saturated rings. The highest BCUT2D eigenvalue weighted by molar-refractivity contribution is 6.31. The van der Waals surface area contributed by atoms with Gasteiger partial charge in [-0.05, 0) is 30.5 Å². The van der Waals surface area contributed by atoms with Gasteiger partial charge in [-0.1, -0.05) is 43.7 Å². The van der Waals surface area contributed by atoms with Crippen LogP contribution in [0.25, 0.3) is 11.1 Å². The topological polar surface area (TPSA) is 26.0 Å². The molecule has 0 saturated heterocycles. The Morgan fingerprint density at radius 2 is 2.17 bits per heavy atom. The molecule has 0 aliphatic carbocycles. The highest BCUT2D eigenvalue weighted by Crippen LogP contribution is 2.19. The molecule has 0 atom stereocenters.